The van der Waals surface area contributed by atoms with Gasteiger partial charge in [0.25, 0.3) is 0 Å². The highest BCUT2D eigenvalue weighted by atomic mass is 19.3. The Morgan fingerprint density at radius 2 is 1.75 bits per heavy atom. The van der Waals surface area contributed by atoms with Crippen molar-refractivity contribution >= 4 is 0 Å². The van der Waals surface area contributed by atoms with Gasteiger partial charge in [-0.1, -0.05) is 35.5 Å². The van der Waals surface area contributed by atoms with Crippen LogP contribution < -0.4 is 9.47 Å². The summed E-state index contributed by atoms with van der Waals surface area (Å²) in [6.45, 7) is -0.509. The minimum absolute atomic E-state index is 0.000551. The zero-order chi connectivity index (χ0) is 20.1. The number of rotatable bonds is 8. The summed E-state index contributed by atoms with van der Waals surface area (Å²) in [7, 11) is 3.56. The average molecular weight is 389 g/mol. The summed E-state index contributed by atoms with van der Waals surface area (Å²) >= 11 is 0. The molecule has 0 aliphatic rings. The normalized spacial score (nSPS) is 12.4. The first kappa shape index (κ1) is 19.8. The zero-order valence-electron chi connectivity index (χ0n) is 15.8. The second kappa shape index (κ2) is 8.79. The number of ether oxygens (including phenoxy) is 2. The highest BCUT2D eigenvalue weighted by Crippen LogP contribution is 2.31. The fraction of sp³-hybridized carbons (Fsp3) is 0.300. The van der Waals surface area contributed by atoms with Gasteiger partial charge in [0.2, 0.25) is 11.7 Å². The lowest BCUT2D eigenvalue weighted by atomic mass is 10.1. The average Bonchev–Trinajstić information content (AvgIpc) is 3.15. The maximum atomic E-state index is 12.6. The molecule has 0 bridgehead atoms. The Morgan fingerprint density at radius 1 is 1.07 bits per heavy atom. The predicted octanol–water partition coefficient (Wildman–Crippen LogP) is 4.54. The molecular weight excluding hydrogens is 368 g/mol. The van der Waals surface area contributed by atoms with Crippen molar-refractivity contribution in [2.24, 2.45) is 0 Å². The van der Waals surface area contributed by atoms with E-state index in [-0.39, 0.29) is 17.6 Å². The molecule has 0 spiro atoms. The van der Waals surface area contributed by atoms with Crippen LogP contribution in [0.2, 0.25) is 0 Å². The molecule has 0 aliphatic carbocycles. The van der Waals surface area contributed by atoms with Gasteiger partial charge in [0.05, 0.1) is 19.2 Å². The number of nitrogens with zero attached hydrogens (tertiary/aromatic N) is 3. The van der Waals surface area contributed by atoms with Crippen molar-refractivity contribution in [2.75, 3.05) is 14.2 Å². The second-order valence-electron chi connectivity index (χ2n) is 6.22. The third-order valence-corrected chi connectivity index (χ3v) is 4.45. The van der Waals surface area contributed by atoms with E-state index >= 15 is 0 Å². The van der Waals surface area contributed by atoms with Crippen molar-refractivity contribution in [2.45, 2.75) is 26.1 Å². The third-order valence-electron chi connectivity index (χ3n) is 4.45. The minimum atomic E-state index is -2.93. The van der Waals surface area contributed by atoms with Crippen LogP contribution in [-0.2, 0) is 6.54 Å². The molecule has 0 N–H and O–H groups in total. The number of benzene rings is 2. The maximum Gasteiger partial charge on any atom is 0.387 e. The van der Waals surface area contributed by atoms with Gasteiger partial charge < -0.3 is 14.0 Å². The van der Waals surface area contributed by atoms with Crippen LogP contribution in [0.4, 0.5) is 8.78 Å². The molecule has 0 radical (unpaired) electrons. The quantitative estimate of drug-likeness (QED) is 0.564. The Bertz CT molecular complexity index is 917. The minimum Gasteiger partial charge on any atom is -0.496 e. The lowest BCUT2D eigenvalue weighted by Crippen LogP contribution is -2.22. The fourth-order valence-corrected chi connectivity index (χ4v) is 2.88. The van der Waals surface area contributed by atoms with E-state index in [2.05, 4.69) is 14.9 Å². The smallest absolute Gasteiger partial charge is 0.387 e. The van der Waals surface area contributed by atoms with Gasteiger partial charge in [0, 0.05) is 11.6 Å². The monoisotopic (exact) mass is 389 g/mol. The molecule has 6 nitrogen and oxygen atoms in total. The number of alkyl halides is 2. The van der Waals surface area contributed by atoms with E-state index in [1.807, 2.05) is 43.1 Å². The molecule has 3 aromatic rings. The second-order valence-corrected chi connectivity index (χ2v) is 6.22. The fourth-order valence-electron chi connectivity index (χ4n) is 2.88. The summed E-state index contributed by atoms with van der Waals surface area (Å²) in [5.41, 5.74) is 1.38. The summed E-state index contributed by atoms with van der Waals surface area (Å²) in [6, 6.07) is 14.1. The Morgan fingerprint density at radius 3 is 2.46 bits per heavy atom. The number of hydrogen-bond donors (Lipinski definition) is 0. The van der Waals surface area contributed by atoms with Gasteiger partial charge in [-0.2, -0.15) is 13.8 Å². The molecular formula is C20H21F2N3O3. The Kier molecular flexibility index (Phi) is 6.20. The number of methoxy groups -OCH3 is 1. The Balaban J connectivity index is 1.76. The van der Waals surface area contributed by atoms with Gasteiger partial charge in [-0.25, -0.2) is 0 Å². The molecule has 0 amide bonds. The van der Waals surface area contributed by atoms with Gasteiger partial charge in [0.15, 0.2) is 0 Å². The van der Waals surface area contributed by atoms with Crippen molar-refractivity contribution in [1.29, 1.82) is 0 Å². The van der Waals surface area contributed by atoms with Crippen LogP contribution in [0, 0.1) is 0 Å². The van der Waals surface area contributed by atoms with E-state index in [0.717, 1.165) is 11.3 Å². The molecule has 1 unspecified atom stereocenters. The molecule has 1 heterocycles. The first-order valence-corrected chi connectivity index (χ1v) is 8.69. The predicted molar refractivity (Wildman–Crippen MR) is 99.2 cm³/mol. The van der Waals surface area contributed by atoms with E-state index < -0.39 is 6.61 Å². The molecule has 2 aromatic carbocycles. The summed E-state index contributed by atoms with van der Waals surface area (Å²) in [6.07, 6.45) is 0. The molecule has 0 saturated carbocycles. The molecule has 148 valence electrons. The first-order valence-electron chi connectivity index (χ1n) is 8.69. The molecule has 0 saturated heterocycles. The lowest BCUT2D eigenvalue weighted by Gasteiger charge is -2.24. The van der Waals surface area contributed by atoms with Gasteiger partial charge in [-0.3, -0.25) is 4.90 Å². The van der Waals surface area contributed by atoms with E-state index in [1.54, 1.807) is 25.3 Å². The highest BCUT2D eigenvalue weighted by molar-refractivity contribution is 5.63. The summed E-state index contributed by atoms with van der Waals surface area (Å²) in [5.74, 6) is 1.36. The zero-order valence-corrected chi connectivity index (χ0v) is 15.8. The Hall–Kier alpha value is -3.00. The van der Waals surface area contributed by atoms with Crippen molar-refractivity contribution < 1.29 is 22.8 Å². The maximum absolute atomic E-state index is 12.6. The van der Waals surface area contributed by atoms with E-state index in [4.69, 9.17) is 9.26 Å². The molecule has 1 aromatic heterocycles. The molecule has 0 fully saturated rings. The van der Waals surface area contributed by atoms with Crippen LogP contribution in [0.5, 0.6) is 11.5 Å². The number of halogens is 2. The van der Waals surface area contributed by atoms with Crippen LogP contribution >= 0.6 is 0 Å². The van der Waals surface area contributed by atoms with Crippen molar-refractivity contribution in [3.8, 4) is 22.9 Å². The first-order chi connectivity index (χ1) is 13.5. The Labute approximate surface area is 161 Å². The van der Waals surface area contributed by atoms with Gasteiger partial charge >= 0.3 is 6.61 Å². The van der Waals surface area contributed by atoms with Gasteiger partial charge in [-0.05, 0) is 32.2 Å². The summed E-state index contributed by atoms with van der Waals surface area (Å²) < 4.78 is 40.5. The van der Waals surface area contributed by atoms with Crippen LogP contribution in [0.1, 0.15) is 24.4 Å². The summed E-state index contributed by atoms with van der Waals surface area (Å²) in [5, 5.41) is 3.91. The van der Waals surface area contributed by atoms with Crippen LogP contribution in [0.3, 0.4) is 0 Å². The lowest BCUT2D eigenvalue weighted by molar-refractivity contribution is -0.0494. The largest absolute Gasteiger partial charge is 0.496 e. The molecule has 0 aliphatic heterocycles. The van der Waals surface area contributed by atoms with E-state index in [9.17, 15) is 8.78 Å². The molecule has 8 heteroatoms. The van der Waals surface area contributed by atoms with Gasteiger partial charge in [0.1, 0.15) is 11.5 Å². The SMILES string of the molecule is COc1ccccc1C(C)N(C)Cc1nc(-c2ccccc2OC(F)F)no1. The molecule has 3 rings (SSSR count). The summed E-state index contributed by atoms with van der Waals surface area (Å²) in [4.78, 5) is 6.36. The number of para-hydroxylation sites is 2. The standard InChI is InChI=1S/C20H21F2N3O3/c1-13(14-8-4-6-10-16(14)26-3)25(2)12-18-23-19(24-28-18)15-9-5-7-11-17(15)27-20(21)22/h4-11,13,20H,12H2,1-3H3. The topological polar surface area (TPSA) is 60.6 Å². The van der Waals surface area contributed by atoms with Gasteiger partial charge in [-0.15, -0.1) is 0 Å². The van der Waals surface area contributed by atoms with E-state index in [0.29, 0.717) is 18.0 Å². The van der Waals surface area contributed by atoms with Crippen molar-refractivity contribution in [3.05, 3.63) is 60.0 Å². The van der Waals surface area contributed by atoms with Crippen LogP contribution in [0.15, 0.2) is 53.1 Å². The van der Waals surface area contributed by atoms with Crippen molar-refractivity contribution in [1.82, 2.24) is 15.0 Å². The van der Waals surface area contributed by atoms with Crippen LogP contribution in [-0.4, -0.2) is 35.8 Å². The molecule has 1 atom stereocenters. The highest BCUT2D eigenvalue weighted by Gasteiger charge is 2.20. The van der Waals surface area contributed by atoms with Crippen molar-refractivity contribution in [3.63, 3.8) is 0 Å². The third kappa shape index (κ3) is 4.45. The molecule has 28 heavy (non-hydrogen) atoms. The number of hydrogen-bond acceptors (Lipinski definition) is 6. The number of aromatic nitrogens is 2. The van der Waals surface area contributed by atoms with Crippen LogP contribution in [0.25, 0.3) is 11.4 Å². The van der Waals surface area contributed by atoms with E-state index in [1.165, 1.54) is 6.07 Å².